The van der Waals surface area contributed by atoms with Crippen LogP contribution in [0, 0.1) is 57.2 Å². The van der Waals surface area contributed by atoms with Crippen LogP contribution in [0.15, 0.2) is 11.6 Å². The van der Waals surface area contributed by atoms with E-state index in [1.807, 2.05) is 13.8 Å². The molecule has 580 valence electrons. The van der Waals surface area contributed by atoms with Gasteiger partial charge in [0.05, 0.1) is 81.9 Å². The van der Waals surface area contributed by atoms with Crippen LogP contribution in [0.3, 0.4) is 0 Å². The van der Waals surface area contributed by atoms with Crippen molar-refractivity contribution >= 4 is 0 Å². The average Bonchev–Trinajstić information content (AvgIpc) is 1.32. The Morgan fingerprint density at radius 2 is 0.920 bits per heavy atom. The topological polar surface area (TPSA) is 515 Å². The predicted molar refractivity (Wildman–Crippen MR) is 339 cm³/mol. The van der Waals surface area contributed by atoms with E-state index in [-0.39, 0.29) is 35.5 Å². The summed E-state index contributed by atoms with van der Waals surface area (Å²) in [5, 5.41) is 218. The molecule has 0 amide bonds. The van der Waals surface area contributed by atoms with Crippen molar-refractivity contribution in [2.45, 2.75) is 317 Å². The first-order valence-corrected chi connectivity index (χ1v) is 35.7. The molecule has 100 heavy (non-hydrogen) atoms. The molecule has 40 atom stereocenters. The molecule has 6 heterocycles. The molecule has 4 unspecified atom stereocenters. The molecule has 0 spiro atoms. The fraction of sp³-hybridized carbons (Fsp3) is 0.971. The van der Waals surface area contributed by atoms with Crippen molar-refractivity contribution in [3.8, 4) is 0 Å². The highest BCUT2D eigenvalue weighted by Crippen LogP contribution is 2.75. The molecule has 10 aliphatic rings. The highest BCUT2D eigenvalue weighted by Gasteiger charge is 2.71. The van der Waals surface area contributed by atoms with Crippen LogP contribution in [0.1, 0.15) is 121 Å². The number of aliphatic hydroxyl groups excluding tert-OH is 19. The number of hydrogen-bond acceptors (Lipinski definition) is 32. The number of fused-ring (bicyclic) bond motifs is 5. The Morgan fingerprint density at radius 3 is 1.44 bits per heavy atom. The van der Waals surface area contributed by atoms with Crippen molar-refractivity contribution in [3.05, 3.63) is 11.6 Å². The summed E-state index contributed by atoms with van der Waals surface area (Å²) < 4.78 is 72.5. The quantitative estimate of drug-likeness (QED) is 0.0426. The van der Waals surface area contributed by atoms with Gasteiger partial charge in [-0.3, -0.25) is 0 Å². The minimum absolute atomic E-state index is 0.0246. The van der Waals surface area contributed by atoms with Crippen molar-refractivity contribution in [2.75, 3.05) is 39.6 Å². The standard InChI is InChI=1S/C68H116O32/c1-26(29-17-18-66(8)38-14-12-30-31(68(38,10)39(72)19-67(29,66)9)13-16-40(64(30,4)5)98-61-55(86)52(83)48(79)37(97-61)25-91-60-54(85)50(81)46(77)33(21-70)93-60)11-15-41(65(6,7)88)99-63-57(100-62-56(87)51(82)47(78)34(22-71)94-62)43(74)27(2)35(95-63)23-89-58-44(75)28(3)42(73)36(96-58)24-90-59-53(84)49(80)45(76)32(20-69)92-59/h12,26-29,31-63,69-88H,11,13-25H2,1-10H3/t26-,27-,28+,29?,31?,32-,33-,34+,35-,36-,37-,38?,39-,40+,41-,42+,43+,44-,45-,46-,47+,48-,49+,50+,51-,52+,53-,54-,55-,56+,57-,58-,59?,60-,61+,62-,63+,66+,67-,68+/m1/s1. The molecule has 32 heteroatoms. The molecule has 4 aliphatic carbocycles. The Bertz CT molecular complexity index is 2670. The van der Waals surface area contributed by atoms with E-state index in [4.69, 9.17) is 56.8 Å². The van der Waals surface area contributed by atoms with E-state index in [1.54, 1.807) is 20.8 Å². The maximum atomic E-state index is 12.9. The third-order valence-electron chi connectivity index (χ3n) is 25.7. The molecule has 6 saturated heterocycles. The zero-order valence-corrected chi connectivity index (χ0v) is 58.7. The van der Waals surface area contributed by atoms with Crippen LogP contribution in [0.2, 0.25) is 0 Å². The lowest BCUT2D eigenvalue weighted by Crippen LogP contribution is -2.65. The van der Waals surface area contributed by atoms with E-state index in [0.29, 0.717) is 32.1 Å². The van der Waals surface area contributed by atoms with Gasteiger partial charge < -0.3 is 159 Å². The smallest absolute Gasteiger partial charge is 0.187 e. The fourth-order valence-corrected chi connectivity index (χ4v) is 18.8. The van der Waals surface area contributed by atoms with Crippen molar-refractivity contribution in [2.24, 2.45) is 57.2 Å². The summed E-state index contributed by atoms with van der Waals surface area (Å²) >= 11 is 0. The molecule has 0 aromatic carbocycles. The first kappa shape index (κ1) is 81.0. The lowest BCUT2D eigenvalue weighted by atomic mass is 9.38. The largest absolute Gasteiger partial charge is 0.394 e. The molecule has 10 rings (SSSR count). The first-order valence-electron chi connectivity index (χ1n) is 35.7. The van der Waals surface area contributed by atoms with E-state index in [0.717, 1.165) is 18.4 Å². The van der Waals surface area contributed by atoms with Crippen molar-refractivity contribution in [3.63, 3.8) is 0 Å². The Hall–Kier alpha value is -1.54. The summed E-state index contributed by atoms with van der Waals surface area (Å²) in [6, 6.07) is 0. The molecule has 20 N–H and O–H groups in total. The zero-order valence-electron chi connectivity index (χ0n) is 58.7. The minimum atomic E-state index is -1.90. The molecule has 6 aliphatic heterocycles. The highest BCUT2D eigenvalue weighted by molar-refractivity contribution is 5.32. The number of rotatable bonds is 23. The van der Waals surface area contributed by atoms with Gasteiger partial charge in [0.1, 0.15) is 116 Å². The van der Waals surface area contributed by atoms with Crippen LogP contribution in [0.25, 0.3) is 0 Å². The van der Waals surface area contributed by atoms with Gasteiger partial charge in [0.15, 0.2) is 37.7 Å². The van der Waals surface area contributed by atoms with E-state index in [1.165, 1.54) is 6.92 Å². The Morgan fingerprint density at radius 1 is 0.480 bits per heavy atom. The molecule has 0 radical (unpaired) electrons. The molecule has 0 bridgehead atoms. The summed E-state index contributed by atoms with van der Waals surface area (Å²) in [5.74, 6) is -1.82. The maximum absolute atomic E-state index is 12.9. The van der Waals surface area contributed by atoms with E-state index in [9.17, 15) is 102 Å². The molecular formula is C68H116O32. The van der Waals surface area contributed by atoms with Crippen molar-refractivity contribution < 1.29 is 159 Å². The second-order valence-electron chi connectivity index (χ2n) is 32.3. The molecule has 0 aromatic rings. The minimum Gasteiger partial charge on any atom is -0.394 e. The maximum Gasteiger partial charge on any atom is 0.187 e. The highest BCUT2D eigenvalue weighted by atomic mass is 16.8. The number of allylic oxidation sites excluding steroid dienone is 1. The monoisotopic (exact) mass is 1440 g/mol. The van der Waals surface area contributed by atoms with Crippen LogP contribution in [0.4, 0.5) is 0 Å². The van der Waals surface area contributed by atoms with E-state index in [2.05, 4.69) is 33.8 Å². The van der Waals surface area contributed by atoms with Crippen LogP contribution < -0.4 is 0 Å². The van der Waals surface area contributed by atoms with Gasteiger partial charge in [0, 0.05) is 22.7 Å². The Kier molecular flexibility index (Phi) is 25.6. The van der Waals surface area contributed by atoms with Crippen LogP contribution in [-0.2, 0) is 56.8 Å². The molecule has 0 aromatic heterocycles. The zero-order chi connectivity index (χ0) is 73.5. The van der Waals surface area contributed by atoms with Gasteiger partial charge in [0.2, 0.25) is 0 Å². The molecule has 9 fully saturated rings. The van der Waals surface area contributed by atoms with Crippen LogP contribution in [-0.4, -0.2) is 338 Å². The molecular weight excluding hydrogens is 1330 g/mol. The molecule has 32 nitrogen and oxygen atoms in total. The lowest BCUT2D eigenvalue weighted by Gasteiger charge is -2.67. The fourth-order valence-electron chi connectivity index (χ4n) is 18.8. The van der Waals surface area contributed by atoms with Crippen molar-refractivity contribution in [1.82, 2.24) is 0 Å². The Labute approximate surface area is 582 Å². The summed E-state index contributed by atoms with van der Waals surface area (Å²) in [6.45, 7) is 15.7. The van der Waals surface area contributed by atoms with Gasteiger partial charge >= 0.3 is 0 Å². The van der Waals surface area contributed by atoms with Gasteiger partial charge in [0.25, 0.3) is 0 Å². The van der Waals surface area contributed by atoms with Crippen LogP contribution in [0.5, 0.6) is 0 Å². The number of aliphatic hydroxyl groups is 20. The number of hydrogen-bond donors (Lipinski definition) is 20. The third-order valence-corrected chi connectivity index (χ3v) is 25.7. The van der Waals surface area contributed by atoms with Gasteiger partial charge in [-0.1, -0.05) is 67.0 Å². The van der Waals surface area contributed by atoms with E-state index >= 15 is 0 Å². The molecule has 3 saturated carbocycles. The van der Waals surface area contributed by atoms with E-state index < -0.39 is 264 Å². The second-order valence-corrected chi connectivity index (χ2v) is 32.3. The first-order chi connectivity index (χ1) is 46.8. The van der Waals surface area contributed by atoms with Gasteiger partial charge in [-0.25, -0.2) is 0 Å². The lowest BCUT2D eigenvalue weighted by molar-refractivity contribution is -0.375. The summed E-state index contributed by atoms with van der Waals surface area (Å²) in [5.41, 5.74) is -2.46. The normalized spacial score (nSPS) is 52.1. The predicted octanol–water partition coefficient (Wildman–Crippen LogP) is -5.03. The average molecular weight is 1450 g/mol. The summed E-state index contributed by atoms with van der Waals surface area (Å²) in [7, 11) is 0. The van der Waals surface area contributed by atoms with Gasteiger partial charge in [-0.2, -0.15) is 0 Å². The third kappa shape index (κ3) is 15.0. The summed E-state index contributed by atoms with van der Waals surface area (Å²) in [6.07, 6.45) is -39.2. The SMILES string of the molecule is C[C@@H]1[C@@H](O)[C@H](OC[C@H]2O[C@@H](O[C@H](CC[C@@H](C)C3CC[C@@]4(C)C5CC=C6C(CC[C@H](O[C@@H]7O[C@H](CO[C@@H]8O[C@H](CO)[C@@H](O)[C@H](O)[C@H]8O)[C@@H](O)[C@H](O)[C@H]7O)C6(C)C)[C@]5(C)[C@H](O)C[C@]34C)C(C)(C)O)[C@H](O[C@H]3O[C@@H](CO)[C@H](O)[C@@H](O)[C@@H]3O)[C@@H](O)[C@@H]2C)O[C@H](COC2O[C@H](CO)[C@@H](O)[C@H](O)[C@H]2O)[C@H]1O. The number of ether oxygens (including phenoxy) is 12. The van der Waals surface area contributed by atoms with Gasteiger partial charge in [-0.05, 0) is 99.7 Å². The Balaban J connectivity index is 0.815. The summed E-state index contributed by atoms with van der Waals surface area (Å²) in [4.78, 5) is 0. The van der Waals surface area contributed by atoms with Gasteiger partial charge in [-0.15, -0.1) is 0 Å². The van der Waals surface area contributed by atoms with Crippen LogP contribution >= 0.6 is 0 Å². The second kappa shape index (κ2) is 31.6. The van der Waals surface area contributed by atoms with Crippen molar-refractivity contribution in [1.29, 1.82) is 0 Å².